The predicted molar refractivity (Wildman–Crippen MR) is 64.1 cm³/mol. The van der Waals surface area contributed by atoms with E-state index in [9.17, 15) is 0 Å². The molecule has 3 heteroatoms. The summed E-state index contributed by atoms with van der Waals surface area (Å²) in [5.41, 5.74) is 0.0207. The molecule has 0 saturated carbocycles. The summed E-state index contributed by atoms with van der Waals surface area (Å²) in [4.78, 5) is 2.51. The number of ether oxygens (including phenoxy) is 1. The van der Waals surface area contributed by atoms with Crippen LogP contribution in [0.25, 0.3) is 0 Å². The Bertz CT molecular complexity index is 173. The summed E-state index contributed by atoms with van der Waals surface area (Å²) in [6, 6.07) is 0. The van der Waals surface area contributed by atoms with Gasteiger partial charge in [-0.15, -0.1) is 0 Å². The lowest BCUT2D eigenvalue weighted by Crippen LogP contribution is -2.40. The van der Waals surface area contributed by atoms with E-state index in [2.05, 4.69) is 38.3 Å². The molecular formula is C11H23NOS. The van der Waals surface area contributed by atoms with E-state index in [-0.39, 0.29) is 5.60 Å². The quantitative estimate of drug-likeness (QED) is 0.727. The number of thiol groups is 1. The van der Waals surface area contributed by atoms with Crippen LogP contribution in [0.4, 0.5) is 0 Å². The maximum absolute atomic E-state index is 5.77. The van der Waals surface area contributed by atoms with Crippen LogP contribution in [0, 0.1) is 5.92 Å². The van der Waals surface area contributed by atoms with Gasteiger partial charge in [0.2, 0.25) is 0 Å². The lowest BCUT2D eigenvalue weighted by molar-refractivity contribution is -0.0181. The van der Waals surface area contributed by atoms with Gasteiger partial charge in [-0.2, -0.15) is 12.6 Å². The standard InChI is InChI=1S/C11H23NOS/c1-10(8-14)7-12-5-4-6-13-11(2,3)9-12/h10,14H,4-9H2,1-3H3. The molecule has 1 atom stereocenters. The fourth-order valence-corrected chi connectivity index (χ4v) is 2.07. The van der Waals surface area contributed by atoms with Gasteiger partial charge in [0.15, 0.2) is 0 Å². The molecule has 1 aliphatic rings. The first kappa shape index (κ1) is 12.3. The fraction of sp³-hybridized carbons (Fsp3) is 1.00. The molecule has 0 aliphatic carbocycles. The van der Waals surface area contributed by atoms with Crippen LogP contribution in [0.1, 0.15) is 27.2 Å². The second-order valence-corrected chi connectivity index (χ2v) is 5.35. The van der Waals surface area contributed by atoms with Crippen molar-refractivity contribution in [3.8, 4) is 0 Å². The highest BCUT2D eigenvalue weighted by Crippen LogP contribution is 2.17. The highest BCUT2D eigenvalue weighted by atomic mass is 32.1. The summed E-state index contributed by atoms with van der Waals surface area (Å²) in [6.45, 7) is 10.9. The van der Waals surface area contributed by atoms with Crippen LogP contribution in [-0.2, 0) is 4.74 Å². The van der Waals surface area contributed by atoms with Gasteiger partial charge in [0.05, 0.1) is 5.60 Å². The molecule has 14 heavy (non-hydrogen) atoms. The minimum atomic E-state index is 0.0207. The first-order valence-electron chi connectivity index (χ1n) is 5.51. The van der Waals surface area contributed by atoms with Gasteiger partial charge in [-0.05, 0) is 31.9 Å². The van der Waals surface area contributed by atoms with E-state index in [0.717, 1.165) is 31.9 Å². The monoisotopic (exact) mass is 217 g/mol. The Labute approximate surface area is 93.4 Å². The first-order valence-corrected chi connectivity index (χ1v) is 6.14. The topological polar surface area (TPSA) is 12.5 Å². The molecule has 2 nitrogen and oxygen atoms in total. The molecule has 1 fully saturated rings. The number of rotatable bonds is 3. The van der Waals surface area contributed by atoms with Crippen molar-refractivity contribution in [1.29, 1.82) is 0 Å². The fourth-order valence-electron chi connectivity index (χ4n) is 1.95. The van der Waals surface area contributed by atoms with Crippen LogP contribution in [0.15, 0.2) is 0 Å². The minimum Gasteiger partial charge on any atom is -0.374 e. The Hall–Kier alpha value is 0.270. The Morgan fingerprint density at radius 2 is 2.21 bits per heavy atom. The van der Waals surface area contributed by atoms with E-state index in [0.29, 0.717) is 5.92 Å². The lowest BCUT2D eigenvalue weighted by Gasteiger charge is -2.30. The molecule has 1 unspecified atom stereocenters. The molecule has 1 saturated heterocycles. The van der Waals surface area contributed by atoms with Gasteiger partial charge < -0.3 is 9.64 Å². The van der Waals surface area contributed by atoms with Crippen molar-refractivity contribution in [3.05, 3.63) is 0 Å². The van der Waals surface area contributed by atoms with E-state index in [1.807, 2.05) is 0 Å². The number of nitrogens with zero attached hydrogens (tertiary/aromatic N) is 1. The lowest BCUT2D eigenvalue weighted by atomic mass is 10.1. The average Bonchev–Trinajstić information content (AvgIpc) is 2.26. The molecule has 0 aromatic rings. The maximum Gasteiger partial charge on any atom is 0.0752 e. The third-order valence-corrected chi connectivity index (χ3v) is 3.22. The average molecular weight is 217 g/mol. The van der Waals surface area contributed by atoms with Crippen LogP contribution in [0.5, 0.6) is 0 Å². The summed E-state index contributed by atoms with van der Waals surface area (Å²) >= 11 is 4.33. The molecule has 0 radical (unpaired) electrons. The van der Waals surface area contributed by atoms with Crippen LogP contribution >= 0.6 is 12.6 Å². The zero-order chi connectivity index (χ0) is 10.6. The van der Waals surface area contributed by atoms with Gasteiger partial charge in [-0.25, -0.2) is 0 Å². The molecule has 0 spiro atoms. The zero-order valence-corrected chi connectivity index (χ0v) is 10.5. The molecule has 0 amide bonds. The zero-order valence-electron chi connectivity index (χ0n) is 9.62. The molecule has 1 rings (SSSR count). The van der Waals surface area contributed by atoms with Crippen molar-refractivity contribution in [3.63, 3.8) is 0 Å². The van der Waals surface area contributed by atoms with Gasteiger partial charge in [0.1, 0.15) is 0 Å². The van der Waals surface area contributed by atoms with Crippen LogP contribution in [0.3, 0.4) is 0 Å². The molecule has 0 aromatic carbocycles. The summed E-state index contributed by atoms with van der Waals surface area (Å²) in [7, 11) is 0. The van der Waals surface area contributed by atoms with Gasteiger partial charge in [0.25, 0.3) is 0 Å². The van der Waals surface area contributed by atoms with E-state index >= 15 is 0 Å². The SMILES string of the molecule is CC(CS)CN1CCCOC(C)(C)C1. The highest BCUT2D eigenvalue weighted by Gasteiger charge is 2.25. The molecule has 0 aromatic heterocycles. The number of hydrogen-bond donors (Lipinski definition) is 1. The normalized spacial score (nSPS) is 25.7. The smallest absolute Gasteiger partial charge is 0.0752 e. The summed E-state index contributed by atoms with van der Waals surface area (Å²) in [6.07, 6.45) is 1.16. The molecule has 0 bridgehead atoms. The maximum atomic E-state index is 5.77. The minimum absolute atomic E-state index is 0.0207. The predicted octanol–water partition coefficient (Wildman–Crippen LogP) is 2.05. The van der Waals surface area contributed by atoms with E-state index in [4.69, 9.17) is 4.74 Å². The third kappa shape index (κ3) is 4.20. The van der Waals surface area contributed by atoms with E-state index < -0.39 is 0 Å². The molecular weight excluding hydrogens is 194 g/mol. The van der Waals surface area contributed by atoms with Crippen LogP contribution < -0.4 is 0 Å². The molecule has 1 heterocycles. The molecule has 0 N–H and O–H groups in total. The Morgan fingerprint density at radius 3 is 2.86 bits per heavy atom. The van der Waals surface area contributed by atoms with Crippen molar-refractivity contribution < 1.29 is 4.74 Å². The van der Waals surface area contributed by atoms with Crippen LogP contribution in [0.2, 0.25) is 0 Å². The second-order valence-electron chi connectivity index (χ2n) is 4.98. The van der Waals surface area contributed by atoms with Crippen molar-refractivity contribution in [2.75, 3.05) is 32.0 Å². The van der Waals surface area contributed by atoms with Gasteiger partial charge in [-0.3, -0.25) is 0 Å². The summed E-state index contributed by atoms with van der Waals surface area (Å²) in [5.74, 6) is 1.64. The van der Waals surface area contributed by atoms with E-state index in [1.54, 1.807) is 0 Å². The van der Waals surface area contributed by atoms with Gasteiger partial charge in [-0.1, -0.05) is 6.92 Å². The number of hydrogen-bond acceptors (Lipinski definition) is 3. The Kier molecular flexibility index (Phi) is 4.74. The largest absolute Gasteiger partial charge is 0.374 e. The third-order valence-electron chi connectivity index (χ3n) is 2.60. The van der Waals surface area contributed by atoms with Crippen molar-refractivity contribution in [2.24, 2.45) is 5.92 Å². The molecule has 1 aliphatic heterocycles. The second kappa shape index (κ2) is 5.38. The van der Waals surface area contributed by atoms with Gasteiger partial charge >= 0.3 is 0 Å². The van der Waals surface area contributed by atoms with Crippen molar-refractivity contribution in [1.82, 2.24) is 4.90 Å². The summed E-state index contributed by atoms with van der Waals surface area (Å²) < 4.78 is 5.77. The van der Waals surface area contributed by atoms with Crippen molar-refractivity contribution >= 4 is 12.6 Å². The summed E-state index contributed by atoms with van der Waals surface area (Å²) in [5, 5.41) is 0. The van der Waals surface area contributed by atoms with Crippen molar-refractivity contribution in [2.45, 2.75) is 32.8 Å². The Balaban J connectivity index is 2.43. The van der Waals surface area contributed by atoms with Gasteiger partial charge in [0, 0.05) is 26.2 Å². The molecule has 84 valence electrons. The van der Waals surface area contributed by atoms with Crippen LogP contribution in [-0.4, -0.2) is 42.5 Å². The highest BCUT2D eigenvalue weighted by molar-refractivity contribution is 7.80. The first-order chi connectivity index (χ1) is 6.53. The van der Waals surface area contributed by atoms with E-state index in [1.165, 1.54) is 6.54 Å². The Morgan fingerprint density at radius 1 is 1.50 bits per heavy atom.